The second kappa shape index (κ2) is 4.98. The first kappa shape index (κ1) is 13.5. The number of halogens is 3. The second-order valence-electron chi connectivity index (χ2n) is 3.66. The van der Waals surface area contributed by atoms with Gasteiger partial charge >= 0.3 is 13.7 Å². The van der Waals surface area contributed by atoms with Crippen LogP contribution in [0.4, 0.5) is 13.2 Å². The monoisotopic (exact) mass is 272 g/mol. The first-order chi connectivity index (χ1) is 8.83. The minimum atomic E-state index is -4.74. The number of hydrogen-bond donors (Lipinski definition) is 2. The number of benzene rings is 2. The number of rotatable bonds is 3. The van der Waals surface area contributed by atoms with Gasteiger partial charge in [0.1, 0.15) is 11.5 Å². The summed E-state index contributed by atoms with van der Waals surface area (Å²) in [6.07, 6.45) is -4.74. The minimum Gasteiger partial charge on any atom is -0.512 e. The molecule has 0 heterocycles. The molecular weight excluding hydrogens is 264 g/mol. The largest absolute Gasteiger partial charge is 0.707 e. The highest BCUT2D eigenvalue weighted by Gasteiger charge is 2.31. The molecular formula is C11H8BF3O4. The van der Waals surface area contributed by atoms with E-state index in [1.54, 1.807) is 0 Å². The summed E-state index contributed by atoms with van der Waals surface area (Å²) < 4.78 is 44.6. The lowest BCUT2D eigenvalue weighted by atomic mass is 10.1. The molecule has 2 aromatic rings. The highest BCUT2D eigenvalue weighted by molar-refractivity contribution is 6.33. The van der Waals surface area contributed by atoms with Gasteiger partial charge in [-0.05, 0) is 35.0 Å². The lowest BCUT2D eigenvalue weighted by molar-refractivity contribution is -0.274. The van der Waals surface area contributed by atoms with E-state index in [-0.39, 0.29) is 11.5 Å². The summed E-state index contributed by atoms with van der Waals surface area (Å²) in [6, 6.07) is 8.14. The number of alkyl halides is 3. The van der Waals surface area contributed by atoms with Gasteiger partial charge in [0, 0.05) is 0 Å². The molecule has 0 atom stereocenters. The van der Waals surface area contributed by atoms with E-state index in [0.29, 0.717) is 10.8 Å². The van der Waals surface area contributed by atoms with Gasteiger partial charge in [0.2, 0.25) is 0 Å². The average Bonchev–Trinajstić information content (AvgIpc) is 2.26. The van der Waals surface area contributed by atoms with E-state index in [0.717, 1.165) is 6.07 Å². The molecule has 0 saturated heterocycles. The fraction of sp³-hybridized carbons (Fsp3) is 0.0909. The Balaban J connectivity index is 2.30. The van der Waals surface area contributed by atoms with E-state index >= 15 is 0 Å². The van der Waals surface area contributed by atoms with Gasteiger partial charge in [-0.15, -0.1) is 13.2 Å². The Morgan fingerprint density at radius 2 is 1.42 bits per heavy atom. The van der Waals surface area contributed by atoms with E-state index in [1.165, 1.54) is 30.3 Å². The first-order valence-corrected chi connectivity index (χ1v) is 5.16. The van der Waals surface area contributed by atoms with Crippen molar-refractivity contribution >= 4 is 18.1 Å². The predicted molar refractivity (Wildman–Crippen MR) is 61.5 cm³/mol. The molecule has 0 aliphatic rings. The Morgan fingerprint density at radius 3 is 1.95 bits per heavy atom. The summed E-state index contributed by atoms with van der Waals surface area (Å²) >= 11 is 0. The van der Waals surface area contributed by atoms with Gasteiger partial charge in [-0.2, -0.15) is 0 Å². The highest BCUT2D eigenvalue weighted by atomic mass is 19.4. The summed E-state index contributed by atoms with van der Waals surface area (Å²) in [5.74, 6) is -0.136. The summed E-state index contributed by atoms with van der Waals surface area (Å²) in [4.78, 5) is 0. The third-order valence-corrected chi connectivity index (χ3v) is 2.26. The van der Waals surface area contributed by atoms with Crippen molar-refractivity contribution in [2.75, 3.05) is 0 Å². The fourth-order valence-corrected chi connectivity index (χ4v) is 1.59. The van der Waals surface area contributed by atoms with E-state index in [4.69, 9.17) is 10.0 Å². The molecule has 4 nitrogen and oxygen atoms in total. The van der Waals surface area contributed by atoms with Gasteiger partial charge in [-0.3, -0.25) is 0 Å². The van der Waals surface area contributed by atoms with Crippen LogP contribution in [0, 0.1) is 0 Å². The molecule has 0 fully saturated rings. The lowest BCUT2D eigenvalue weighted by Gasteiger charge is -2.10. The molecule has 2 aromatic carbocycles. The van der Waals surface area contributed by atoms with Crippen molar-refractivity contribution in [2.45, 2.75) is 6.36 Å². The molecule has 0 bridgehead atoms. The zero-order valence-electron chi connectivity index (χ0n) is 9.39. The van der Waals surface area contributed by atoms with Gasteiger partial charge in [0.05, 0.1) is 0 Å². The van der Waals surface area contributed by atoms with Crippen LogP contribution in [0.1, 0.15) is 0 Å². The van der Waals surface area contributed by atoms with E-state index in [9.17, 15) is 13.2 Å². The van der Waals surface area contributed by atoms with E-state index in [1.807, 2.05) is 0 Å². The van der Waals surface area contributed by atoms with Crippen LogP contribution < -0.4 is 9.39 Å². The van der Waals surface area contributed by atoms with Gasteiger partial charge < -0.3 is 19.4 Å². The predicted octanol–water partition coefficient (Wildman–Crippen LogP) is 2.09. The Labute approximate surface area is 106 Å². The van der Waals surface area contributed by atoms with Gasteiger partial charge in [-0.1, -0.05) is 12.1 Å². The number of ether oxygens (including phenoxy) is 1. The fourth-order valence-electron chi connectivity index (χ4n) is 1.59. The van der Waals surface area contributed by atoms with Crippen molar-refractivity contribution in [3.8, 4) is 11.5 Å². The summed E-state index contributed by atoms with van der Waals surface area (Å²) in [5, 5.41) is 18.4. The molecule has 0 aromatic heterocycles. The molecule has 2 rings (SSSR count). The van der Waals surface area contributed by atoms with Gasteiger partial charge in [0.15, 0.2) is 0 Å². The maximum Gasteiger partial charge on any atom is 0.707 e. The normalized spacial score (nSPS) is 11.4. The molecule has 19 heavy (non-hydrogen) atoms. The second-order valence-corrected chi connectivity index (χ2v) is 3.66. The standard InChI is InChI=1S/C11H8BF3O4/c13-11(14,15)18-9-3-1-8-6-10(19-12(16)17)4-2-7(8)5-9/h1-6,16-17H. The zero-order chi connectivity index (χ0) is 14.0. The minimum absolute atomic E-state index is 0.187. The van der Waals surface area contributed by atoms with Crippen LogP contribution in [0.5, 0.6) is 11.5 Å². The maximum absolute atomic E-state index is 12.1. The molecule has 0 aliphatic heterocycles. The Bertz CT molecular complexity index is 586. The van der Waals surface area contributed by atoms with Crippen LogP contribution in [-0.4, -0.2) is 23.7 Å². The first-order valence-electron chi connectivity index (χ1n) is 5.16. The van der Waals surface area contributed by atoms with Crippen molar-refractivity contribution in [1.29, 1.82) is 0 Å². The molecule has 0 radical (unpaired) electrons. The molecule has 0 saturated carbocycles. The average molecular weight is 272 g/mol. The van der Waals surface area contributed by atoms with Gasteiger partial charge in [-0.25, -0.2) is 0 Å². The van der Waals surface area contributed by atoms with Crippen molar-refractivity contribution in [3.05, 3.63) is 36.4 Å². The van der Waals surface area contributed by atoms with Crippen LogP contribution in [0.2, 0.25) is 0 Å². The molecule has 0 spiro atoms. The summed E-state index contributed by atoms with van der Waals surface area (Å²) in [5.41, 5.74) is 0. The molecule has 0 unspecified atom stereocenters. The van der Waals surface area contributed by atoms with Crippen LogP contribution in [0.3, 0.4) is 0 Å². The van der Waals surface area contributed by atoms with Crippen molar-refractivity contribution in [1.82, 2.24) is 0 Å². The maximum atomic E-state index is 12.1. The van der Waals surface area contributed by atoms with Crippen molar-refractivity contribution in [2.24, 2.45) is 0 Å². The summed E-state index contributed by atoms with van der Waals surface area (Å²) in [7, 11) is -1.95. The number of fused-ring (bicyclic) bond motifs is 1. The third-order valence-electron chi connectivity index (χ3n) is 2.26. The zero-order valence-corrected chi connectivity index (χ0v) is 9.39. The smallest absolute Gasteiger partial charge is 0.512 e. The van der Waals surface area contributed by atoms with E-state index < -0.39 is 13.7 Å². The molecule has 100 valence electrons. The van der Waals surface area contributed by atoms with Crippen LogP contribution in [0.25, 0.3) is 10.8 Å². The van der Waals surface area contributed by atoms with Crippen molar-refractivity contribution < 1.29 is 32.6 Å². The Morgan fingerprint density at radius 1 is 0.895 bits per heavy atom. The Hall–Kier alpha value is -1.93. The summed E-state index contributed by atoms with van der Waals surface area (Å²) in [6.45, 7) is 0. The topological polar surface area (TPSA) is 58.9 Å². The quantitative estimate of drug-likeness (QED) is 0.840. The SMILES string of the molecule is OB(O)Oc1ccc2cc(OC(F)(F)F)ccc2c1. The molecule has 0 amide bonds. The van der Waals surface area contributed by atoms with Crippen LogP contribution in [0.15, 0.2) is 36.4 Å². The molecule has 8 heteroatoms. The van der Waals surface area contributed by atoms with Crippen LogP contribution in [-0.2, 0) is 0 Å². The third kappa shape index (κ3) is 3.77. The Kier molecular flexibility index (Phi) is 3.54. The molecule has 2 N–H and O–H groups in total. The van der Waals surface area contributed by atoms with Crippen molar-refractivity contribution in [3.63, 3.8) is 0 Å². The lowest BCUT2D eigenvalue weighted by Crippen LogP contribution is -2.20. The van der Waals surface area contributed by atoms with E-state index in [2.05, 4.69) is 9.39 Å². The number of hydrogen-bond acceptors (Lipinski definition) is 4. The highest BCUT2D eigenvalue weighted by Crippen LogP contribution is 2.28. The molecule has 0 aliphatic carbocycles. The van der Waals surface area contributed by atoms with Gasteiger partial charge in [0.25, 0.3) is 0 Å². The van der Waals surface area contributed by atoms with Crippen LogP contribution >= 0.6 is 0 Å².